The second-order valence-electron chi connectivity index (χ2n) is 7.51. The summed E-state index contributed by atoms with van der Waals surface area (Å²) in [5.74, 6) is -0.124. The molecule has 7 heteroatoms. The smallest absolute Gasteiger partial charge is 0.241 e. The van der Waals surface area contributed by atoms with Gasteiger partial charge >= 0.3 is 0 Å². The van der Waals surface area contributed by atoms with Crippen LogP contribution in [-0.4, -0.2) is 19.9 Å². The quantitative estimate of drug-likeness (QED) is 0.748. The molecule has 2 aromatic carbocycles. The average molecular weight is 409 g/mol. The molecule has 0 saturated carbocycles. The molecule has 0 saturated heterocycles. The molecule has 0 aromatic heterocycles. The molecule has 0 fully saturated rings. The predicted molar refractivity (Wildman–Crippen MR) is 110 cm³/mol. The summed E-state index contributed by atoms with van der Waals surface area (Å²) in [5, 5.41) is 3.42. The molecular formula is C20H25ClN2O3S. The first kappa shape index (κ1) is 21.4. The van der Waals surface area contributed by atoms with Gasteiger partial charge in [0.05, 0.1) is 4.90 Å². The molecule has 0 aliphatic rings. The number of anilines is 1. The predicted octanol–water partition coefficient (Wildman–Crippen LogP) is 4.30. The van der Waals surface area contributed by atoms with Crippen LogP contribution in [0.4, 0.5) is 5.69 Å². The molecule has 2 N–H and O–H groups in total. The van der Waals surface area contributed by atoms with Crippen molar-refractivity contribution in [3.63, 3.8) is 0 Å². The zero-order chi connectivity index (χ0) is 20.2. The van der Waals surface area contributed by atoms with Crippen LogP contribution >= 0.6 is 11.6 Å². The monoisotopic (exact) mass is 408 g/mol. The van der Waals surface area contributed by atoms with Gasteiger partial charge in [-0.05, 0) is 69.5 Å². The number of rotatable bonds is 6. The molecule has 1 amide bonds. The fraction of sp³-hybridized carbons (Fsp3) is 0.350. The standard InChI is InChI=1S/C20H25ClN2O3S/c1-14-5-9-16(13-18(14)21)22-19(24)12-8-15-6-10-17(11-7-15)27(25,26)23-20(2,3)4/h5-7,9-11,13,23H,8,12H2,1-4H3,(H,22,24). The molecule has 0 spiro atoms. The molecule has 0 unspecified atom stereocenters. The number of carbonyl (C=O) groups is 1. The van der Waals surface area contributed by atoms with E-state index in [0.29, 0.717) is 17.1 Å². The lowest BCUT2D eigenvalue weighted by Gasteiger charge is -2.20. The Balaban J connectivity index is 1.94. The van der Waals surface area contributed by atoms with Crippen molar-refractivity contribution in [3.05, 3.63) is 58.6 Å². The summed E-state index contributed by atoms with van der Waals surface area (Å²) in [7, 11) is -3.56. The zero-order valence-electron chi connectivity index (χ0n) is 16.0. The van der Waals surface area contributed by atoms with Crippen molar-refractivity contribution in [2.75, 3.05) is 5.32 Å². The fourth-order valence-corrected chi connectivity index (χ4v) is 4.05. The third kappa shape index (κ3) is 6.65. The second-order valence-corrected chi connectivity index (χ2v) is 9.60. The van der Waals surface area contributed by atoms with E-state index in [1.165, 1.54) is 0 Å². The maximum atomic E-state index is 12.3. The minimum atomic E-state index is -3.56. The van der Waals surface area contributed by atoms with Gasteiger partial charge < -0.3 is 5.32 Å². The first-order chi connectivity index (χ1) is 12.5. The largest absolute Gasteiger partial charge is 0.326 e. The SMILES string of the molecule is Cc1ccc(NC(=O)CCc2ccc(S(=O)(=O)NC(C)(C)C)cc2)cc1Cl. The summed E-state index contributed by atoms with van der Waals surface area (Å²) >= 11 is 6.06. The Bertz CT molecular complexity index is 917. The van der Waals surface area contributed by atoms with Crippen LogP contribution in [0.25, 0.3) is 0 Å². The summed E-state index contributed by atoms with van der Waals surface area (Å²) in [6, 6.07) is 11.9. The Morgan fingerprint density at radius 2 is 1.70 bits per heavy atom. The summed E-state index contributed by atoms with van der Waals surface area (Å²) in [6.07, 6.45) is 0.802. The van der Waals surface area contributed by atoms with E-state index in [0.717, 1.165) is 11.1 Å². The number of carbonyl (C=O) groups excluding carboxylic acids is 1. The summed E-state index contributed by atoms with van der Waals surface area (Å²) in [4.78, 5) is 12.3. The lowest BCUT2D eigenvalue weighted by atomic mass is 10.1. The van der Waals surface area contributed by atoms with Gasteiger partial charge in [0.25, 0.3) is 0 Å². The van der Waals surface area contributed by atoms with E-state index in [-0.39, 0.29) is 17.2 Å². The highest BCUT2D eigenvalue weighted by molar-refractivity contribution is 7.89. The Kier molecular flexibility index (Phi) is 6.68. The normalized spacial score (nSPS) is 12.0. The van der Waals surface area contributed by atoms with Crippen LogP contribution in [0.1, 0.15) is 38.3 Å². The van der Waals surface area contributed by atoms with Crippen LogP contribution in [0.3, 0.4) is 0 Å². The van der Waals surface area contributed by atoms with E-state index in [4.69, 9.17) is 11.6 Å². The van der Waals surface area contributed by atoms with Crippen molar-refractivity contribution in [3.8, 4) is 0 Å². The van der Waals surface area contributed by atoms with Crippen LogP contribution in [0.2, 0.25) is 5.02 Å². The number of amides is 1. The van der Waals surface area contributed by atoms with Gasteiger partial charge in [-0.25, -0.2) is 13.1 Å². The van der Waals surface area contributed by atoms with Gasteiger partial charge in [0.15, 0.2) is 0 Å². The number of benzene rings is 2. The minimum absolute atomic E-state index is 0.124. The molecule has 0 heterocycles. The van der Waals surface area contributed by atoms with Crippen LogP contribution in [-0.2, 0) is 21.2 Å². The molecule has 0 bridgehead atoms. The molecule has 0 aliphatic heterocycles. The fourth-order valence-electron chi connectivity index (χ4n) is 2.45. The Labute approximate surface area is 166 Å². The molecule has 2 rings (SSSR count). The van der Waals surface area contributed by atoms with Gasteiger partial charge in [-0.3, -0.25) is 4.79 Å². The highest BCUT2D eigenvalue weighted by Gasteiger charge is 2.21. The summed E-state index contributed by atoms with van der Waals surface area (Å²) < 4.78 is 27.2. The van der Waals surface area contributed by atoms with Gasteiger partial charge in [-0.1, -0.05) is 29.8 Å². The van der Waals surface area contributed by atoms with Gasteiger partial charge in [-0.2, -0.15) is 0 Å². The van der Waals surface area contributed by atoms with Crippen molar-refractivity contribution in [1.82, 2.24) is 4.72 Å². The van der Waals surface area contributed by atoms with E-state index in [1.54, 1.807) is 57.2 Å². The first-order valence-corrected chi connectivity index (χ1v) is 10.5. The molecule has 0 atom stereocenters. The highest BCUT2D eigenvalue weighted by atomic mass is 35.5. The number of hydrogen-bond donors (Lipinski definition) is 2. The Hall–Kier alpha value is -1.89. The Morgan fingerprint density at radius 3 is 2.26 bits per heavy atom. The van der Waals surface area contributed by atoms with Crippen LogP contribution < -0.4 is 10.0 Å². The molecule has 27 heavy (non-hydrogen) atoms. The second kappa shape index (κ2) is 8.42. The van der Waals surface area contributed by atoms with Gasteiger partial charge in [0.1, 0.15) is 0 Å². The molecule has 5 nitrogen and oxygen atoms in total. The molecule has 0 aliphatic carbocycles. The van der Waals surface area contributed by atoms with Crippen LogP contribution in [0, 0.1) is 6.92 Å². The summed E-state index contributed by atoms with van der Waals surface area (Å²) in [6.45, 7) is 7.27. The third-order valence-corrected chi connectivity index (χ3v) is 5.95. The molecular weight excluding hydrogens is 384 g/mol. The van der Waals surface area contributed by atoms with E-state index in [9.17, 15) is 13.2 Å². The van der Waals surface area contributed by atoms with Crippen LogP contribution in [0.15, 0.2) is 47.4 Å². The minimum Gasteiger partial charge on any atom is -0.326 e. The number of nitrogens with one attached hydrogen (secondary N) is 2. The maximum absolute atomic E-state index is 12.3. The lowest BCUT2D eigenvalue weighted by molar-refractivity contribution is -0.116. The number of aryl methyl sites for hydroxylation is 2. The number of sulfonamides is 1. The van der Waals surface area contributed by atoms with Gasteiger partial charge in [-0.15, -0.1) is 0 Å². The Morgan fingerprint density at radius 1 is 1.07 bits per heavy atom. The molecule has 0 radical (unpaired) electrons. The first-order valence-electron chi connectivity index (χ1n) is 8.65. The topological polar surface area (TPSA) is 75.3 Å². The van der Waals surface area contributed by atoms with Gasteiger partial charge in [0, 0.05) is 22.7 Å². The lowest BCUT2D eigenvalue weighted by Crippen LogP contribution is -2.40. The average Bonchev–Trinajstić information content (AvgIpc) is 2.55. The van der Waals surface area contributed by atoms with Crippen molar-refractivity contribution in [2.24, 2.45) is 0 Å². The van der Waals surface area contributed by atoms with Crippen molar-refractivity contribution in [2.45, 2.75) is 51.0 Å². The maximum Gasteiger partial charge on any atom is 0.241 e. The van der Waals surface area contributed by atoms with E-state index in [2.05, 4.69) is 10.0 Å². The van der Waals surface area contributed by atoms with Crippen molar-refractivity contribution in [1.29, 1.82) is 0 Å². The van der Waals surface area contributed by atoms with Crippen LogP contribution in [0.5, 0.6) is 0 Å². The molecule has 146 valence electrons. The van der Waals surface area contributed by atoms with E-state index < -0.39 is 15.6 Å². The summed E-state index contributed by atoms with van der Waals surface area (Å²) in [5.41, 5.74) is 1.95. The zero-order valence-corrected chi connectivity index (χ0v) is 17.5. The van der Waals surface area contributed by atoms with Crippen molar-refractivity contribution >= 4 is 33.2 Å². The third-order valence-electron chi connectivity index (χ3n) is 3.77. The number of hydrogen-bond acceptors (Lipinski definition) is 3. The van der Waals surface area contributed by atoms with E-state index >= 15 is 0 Å². The number of halogens is 1. The van der Waals surface area contributed by atoms with Crippen molar-refractivity contribution < 1.29 is 13.2 Å². The highest BCUT2D eigenvalue weighted by Crippen LogP contribution is 2.20. The van der Waals surface area contributed by atoms with E-state index in [1.807, 2.05) is 13.0 Å². The van der Waals surface area contributed by atoms with Gasteiger partial charge in [0.2, 0.25) is 15.9 Å². The molecule has 2 aromatic rings.